The van der Waals surface area contributed by atoms with Gasteiger partial charge in [-0.1, -0.05) is 11.6 Å². The summed E-state index contributed by atoms with van der Waals surface area (Å²) in [5.74, 6) is -1.16. The van der Waals surface area contributed by atoms with Crippen LogP contribution in [0.4, 0.5) is 26.2 Å². The molecule has 0 atom stereocenters. The van der Waals surface area contributed by atoms with Crippen LogP contribution < -0.4 is 11.1 Å². The van der Waals surface area contributed by atoms with E-state index in [1.54, 1.807) is 0 Å². The van der Waals surface area contributed by atoms with Gasteiger partial charge in [-0.05, 0) is 12.1 Å². The molecule has 1 aromatic heterocycles. The summed E-state index contributed by atoms with van der Waals surface area (Å²) < 4.78 is 25.9. The quantitative estimate of drug-likeness (QED) is 0.811. The van der Waals surface area contributed by atoms with E-state index in [1.807, 2.05) is 0 Å². The van der Waals surface area contributed by atoms with E-state index in [-0.39, 0.29) is 22.6 Å². The summed E-state index contributed by atoms with van der Waals surface area (Å²) in [6.07, 6.45) is 0. The molecule has 0 aliphatic heterocycles. The summed E-state index contributed by atoms with van der Waals surface area (Å²) in [4.78, 5) is 7.47. The molecule has 0 saturated carbocycles. The zero-order valence-corrected chi connectivity index (χ0v) is 9.17. The van der Waals surface area contributed by atoms with Crippen molar-refractivity contribution in [2.24, 2.45) is 0 Å². The van der Waals surface area contributed by atoms with Gasteiger partial charge < -0.3 is 11.1 Å². The third-order valence-electron chi connectivity index (χ3n) is 1.85. The maximum atomic E-state index is 12.9. The number of hydrogen-bond donors (Lipinski definition) is 2. The van der Waals surface area contributed by atoms with Crippen LogP contribution in [-0.2, 0) is 0 Å². The van der Waals surface area contributed by atoms with E-state index in [0.29, 0.717) is 0 Å². The Labute approximate surface area is 100 Å². The molecular formula is C10H7ClF2N4. The molecule has 0 spiro atoms. The van der Waals surface area contributed by atoms with E-state index < -0.39 is 11.6 Å². The monoisotopic (exact) mass is 256 g/mol. The molecule has 4 nitrogen and oxygen atoms in total. The van der Waals surface area contributed by atoms with Crippen LogP contribution in [0.1, 0.15) is 0 Å². The minimum absolute atomic E-state index is 0.0307. The lowest BCUT2D eigenvalue weighted by molar-refractivity contribution is 0.584. The number of rotatable bonds is 2. The predicted molar refractivity (Wildman–Crippen MR) is 61.1 cm³/mol. The molecule has 1 heterocycles. The van der Waals surface area contributed by atoms with E-state index >= 15 is 0 Å². The van der Waals surface area contributed by atoms with Gasteiger partial charge in [-0.3, -0.25) is 0 Å². The van der Waals surface area contributed by atoms with Gasteiger partial charge in [0.25, 0.3) is 0 Å². The van der Waals surface area contributed by atoms with Crippen LogP contribution in [0.3, 0.4) is 0 Å². The fourth-order valence-electron chi connectivity index (χ4n) is 1.27. The van der Waals surface area contributed by atoms with E-state index in [4.69, 9.17) is 17.3 Å². The Balaban J connectivity index is 2.31. The SMILES string of the molecule is Nc1nc(Cl)cc(Nc2cc(F)cc(F)c2)n1. The van der Waals surface area contributed by atoms with Crippen molar-refractivity contribution < 1.29 is 8.78 Å². The number of anilines is 3. The third-order valence-corrected chi connectivity index (χ3v) is 2.04. The molecule has 0 aliphatic rings. The highest BCUT2D eigenvalue weighted by Gasteiger charge is 2.04. The van der Waals surface area contributed by atoms with Gasteiger partial charge in [-0.15, -0.1) is 0 Å². The highest BCUT2D eigenvalue weighted by molar-refractivity contribution is 6.29. The van der Waals surface area contributed by atoms with Crippen molar-refractivity contribution in [3.05, 3.63) is 41.1 Å². The molecule has 3 N–H and O–H groups in total. The largest absolute Gasteiger partial charge is 0.368 e. The molecule has 1 aromatic carbocycles. The molecule has 2 rings (SSSR count). The van der Waals surface area contributed by atoms with Gasteiger partial charge in [0, 0.05) is 17.8 Å². The summed E-state index contributed by atoms with van der Waals surface area (Å²) in [5, 5.41) is 2.81. The second kappa shape index (κ2) is 4.50. The molecule has 2 aromatic rings. The molecule has 0 fully saturated rings. The van der Waals surface area contributed by atoms with Gasteiger partial charge in [0.1, 0.15) is 22.6 Å². The Hall–Kier alpha value is -1.95. The van der Waals surface area contributed by atoms with E-state index in [0.717, 1.165) is 18.2 Å². The molecule has 0 bridgehead atoms. The van der Waals surface area contributed by atoms with E-state index in [9.17, 15) is 8.78 Å². The molecule has 88 valence electrons. The Morgan fingerprint density at radius 3 is 2.29 bits per heavy atom. The zero-order chi connectivity index (χ0) is 12.4. The number of benzene rings is 1. The van der Waals surface area contributed by atoms with E-state index in [2.05, 4.69) is 15.3 Å². The minimum Gasteiger partial charge on any atom is -0.368 e. The molecule has 17 heavy (non-hydrogen) atoms. The van der Waals surface area contributed by atoms with Crippen LogP contribution in [-0.4, -0.2) is 9.97 Å². The zero-order valence-electron chi connectivity index (χ0n) is 8.42. The van der Waals surface area contributed by atoms with Gasteiger partial charge in [0.05, 0.1) is 0 Å². The summed E-state index contributed by atoms with van der Waals surface area (Å²) in [6.45, 7) is 0. The maximum Gasteiger partial charge on any atom is 0.223 e. The van der Waals surface area contributed by atoms with Crippen molar-refractivity contribution in [1.82, 2.24) is 9.97 Å². The first-order valence-corrected chi connectivity index (χ1v) is 4.94. The highest BCUT2D eigenvalue weighted by Crippen LogP contribution is 2.19. The standard InChI is InChI=1S/C10H7ClF2N4/c11-8-4-9(17-10(14)16-8)15-7-2-5(12)1-6(13)3-7/h1-4H,(H3,14,15,16,17). The normalized spacial score (nSPS) is 10.3. The van der Waals surface area contributed by atoms with Gasteiger partial charge in [-0.2, -0.15) is 4.98 Å². The number of nitrogens with one attached hydrogen (secondary N) is 1. The number of nitrogens with zero attached hydrogens (tertiary/aromatic N) is 2. The van der Waals surface area contributed by atoms with Crippen molar-refractivity contribution >= 4 is 29.1 Å². The number of nitrogens with two attached hydrogens (primary N) is 1. The maximum absolute atomic E-state index is 12.9. The smallest absolute Gasteiger partial charge is 0.223 e. The molecular weight excluding hydrogens is 250 g/mol. The van der Waals surface area contributed by atoms with Crippen LogP contribution in [0.25, 0.3) is 0 Å². The third kappa shape index (κ3) is 3.01. The second-order valence-corrected chi connectivity index (χ2v) is 3.60. The predicted octanol–water partition coefficient (Wildman–Crippen LogP) is 2.73. The molecule has 7 heteroatoms. The average Bonchev–Trinajstić information content (AvgIpc) is 2.13. The Morgan fingerprint density at radius 1 is 1.06 bits per heavy atom. The van der Waals surface area contributed by atoms with Crippen LogP contribution in [0.15, 0.2) is 24.3 Å². The Morgan fingerprint density at radius 2 is 1.71 bits per heavy atom. The van der Waals surface area contributed by atoms with E-state index in [1.165, 1.54) is 6.07 Å². The van der Waals surface area contributed by atoms with Gasteiger partial charge in [0.2, 0.25) is 5.95 Å². The number of halogens is 3. The first-order chi connectivity index (χ1) is 8.02. The van der Waals surface area contributed by atoms with Crippen LogP contribution >= 0.6 is 11.6 Å². The second-order valence-electron chi connectivity index (χ2n) is 3.22. The first kappa shape index (κ1) is 11.5. The van der Waals surface area contributed by atoms with Crippen LogP contribution in [0.5, 0.6) is 0 Å². The van der Waals surface area contributed by atoms with Gasteiger partial charge in [-0.25, -0.2) is 13.8 Å². The van der Waals surface area contributed by atoms with Crippen molar-refractivity contribution in [2.45, 2.75) is 0 Å². The molecule has 0 radical (unpaired) electrons. The fraction of sp³-hybridized carbons (Fsp3) is 0. The topological polar surface area (TPSA) is 63.8 Å². The molecule has 0 amide bonds. The van der Waals surface area contributed by atoms with Crippen molar-refractivity contribution in [3.8, 4) is 0 Å². The molecule has 0 saturated heterocycles. The number of hydrogen-bond acceptors (Lipinski definition) is 4. The van der Waals surface area contributed by atoms with Gasteiger partial charge >= 0.3 is 0 Å². The molecule has 0 aliphatic carbocycles. The van der Waals surface area contributed by atoms with Crippen molar-refractivity contribution in [2.75, 3.05) is 11.1 Å². The number of aromatic nitrogens is 2. The van der Waals surface area contributed by atoms with Crippen molar-refractivity contribution in [3.63, 3.8) is 0 Å². The average molecular weight is 257 g/mol. The Bertz CT molecular complexity index is 472. The van der Waals surface area contributed by atoms with Crippen LogP contribution in [0.2, 0.25) is 5.15 Å². The lowest BCUT2D eigenvalue weighted by Crippen LogP contribution is -2.00. The summed E-state index contributed by atoms with van der Waals surface area (Å²) >= 11 is 5.66. The lowest BCUT2D eigenvalue weighted by atomic mass is 10.3. The fourth-order valence-corrected chi connectivity index (χ4v) is 1.46. The summed E-state index contributed by atoms with van der Waals surface area (Å²) in [5.41, 5.74) is 5.58. The summed E-state index contributed by atoms with van der Waals surface area (Å²) in [7, 11) is 0. The summed E-state index contributed by atoms with van der Waals surface area (Å²) in [6, 6.07) is 4.40. The highest BCUT2D eigenvalue weighted by atomic mass is 35.5. The van der Waals surface area contributed by atoms with Gasteiger partial charge in [0.15, 0.2) is 0 Å². The number of nitrogen functional groups attached to an aromatic ring is 1. The Kier molecular flexibility index (Phi) is 3.06. The van der Waals surface area contributed by atoms with Crippen molar-refractivity contribution in [1.29, 1.82) is 0 Å². The van der Waals surface area contributed by atoms with Crippen LogP contribution in [0, 0.1) is 11.6 Å². The minimum atomic E-state index is -0.694. The first-order valence-electron chi connectivity index (χ1n) is 4.56. The molecule has 0 unspecified atom stereocenters. The lowest BCUT2D eigenvalue weighted by Gasteiger charge is -2.06.